The molecule has 0 aromatic heterocycles. The van der Waals surface area contributed by atoms with Crippen molar-refractivity contribution in [2.75, 3.05) is 19.8 Å². The van der Waals surface area contributed by atoms with Crippen LogP contribution in [0.2, 0.25) is 0 Å². The third kappa shape index (κ3) is 3.00. The van der Waals surface area contributed by atoms with Crippen LogP contribution in [0.1, 0.15) is 38.5 Å². The molecule has 4 N–H and O–H groups in total. The lowest BCUT2D eigenvalue weighted by Crippen LogP contribution is -2.49. The average Bonchev–Trinajstić information content (AvgIpc) is 2.96. The summed E-state index contributed by atoms with van der Waals surface area (Å²) in [4.78, 5) is 12.4. The van der Waals surface area contributed by atoms with Gasteiger partial charge in [0.1, 0.15) is 5.41 Å². The molecule has 0 bridgehead atoms. The molecule has 1 heterocycles. The first-order chi connectivity index (χ1) is 9.19. The molecule has 0 radical (unpaired) electrons. The van der Waals surface area contributed by atoms with E-state index in [1.54, 1.807) is 0 Å². The van der Waals surface area contributed by atoms with E-state index in [1.807, 2.05) is 0 Å². The third-order valence-corrected chi connectivity index (χ3v) is 4.30. The second-order valence-corrected chi connectivity index (χ2v) is 5.57. The van der Waals surface area contributed by atoms with Gasteiger partial charge in [0, 0.05) is 13.2 Å². The topological polar surface area (TPSA) is 96.9 Å². The van der Waals surface area contributed by atoms with E-state index >= 15 is 0 Å². The van der Waals surface area contributed by atoms with Crippen LogP contribution in [-0.4, -0.2) is 36.7 Å². The summed E-state index contributed by atoms with van der Waals surface area (Å²) in [5.41, 5.74) is 4.94. The highest BCUT2D eigenvalue weighted by Crippen LogP contribution is 2.38. The van der Waals surface area contributed by atoms with Gasteiger partial charge in [-0.1, -0.05) is 18.0 Å². The van der Waals surface area contributed by atoms with Gasteiger partial charge in [-0.2, -0.15) is 0 Å². The predicted molar refractivity (Wildman–Crippen MR) is 70.9 cm³/mol. The van der Waals surface area contributed by atoms with E-state index in [0.717, 1.165) is 32.3 Å². The van der Waals surface area contributed by atoms with Crippen LogP contribution in [0.15, 0.2) is 5.16 Å². The Morgan fingerprint density at radius 1 is 1.42 bits per heavy atom. The molecule has 0 aromatic carbocycles. The van der Waals surface area contributed by atoms with Crippen molar-refractivity contribution in [2.45, 2.75) is 38.5 Å². The van der Waals surface area contributed by atoms with Crippen molar-refractivity contribution in [3.63, 3.8) is 0 Å². The van der Waals surface area contributed by atoms with E-state index in [0.29, 0.717) is 31.9 Å². The lowest BCUT2D eigenvalue weighted by molar-refractivity contribution is -0.127. The zero-order valence-corrected chi connectivity index (χ0v) is 11.2. The van der Waals surface area contributed by atoms with Crippen LogP contribution < -0.4 is 11.1 Å². The van der Waals surface area contributed by atoms with Gasteiger partial charge in [-0.25, -0.2) is 0 Å². The maximum Gasteiger partial charge on any atom is 0.233 e. The van der Waals surface area contributed by atoms with Crippen molar-refractivity contribution >= 4 is 11.7 Å². The Morgan fingerprint density at radius 2 is 2.16 bits per heavy atom. The fourth-order valence-corrected chi connectivity index (χ4v) is 3.05. The minimum Gasteiger partial charge on any atom is -0.409 e. The Balaban J connectivity index is 1.92. The molecule has 1 aliphatic carbocycles. The smallest absolute Gasteiger partial charge is 0.233 e. The number of nitrogens with zero attached hydrogens (tertiary/aromatic N) is 1. The van der Waals surface area contributed by atoms with E-state index in [1.165, 1.54) is 0 Å². The van der Waals surface area contributed by atoms with Crippen molar-refractivity contribution in [3.05, 3.63) is 0 Å². The summed E-state index contributed by atoms with van der Waals surface area (Å²) >= 11 is 0. The van der Waals surface area contributed by atoms with Crippen molar-refractivity contribution in [3.8, 4) is 0 Å². The monoisotopic (exact) mass is 269 g/mol. The first kappa shape index (κ1) is 14.1. The molecule has 19 heavy (non-hydrogen) atoms. The summed E-state index contributed by atoms with van der Waals surface area (Å²) in [7, 11) is 0. The van der Waals surface area contributed by atoms with Gasteiger partial charge in [-0.3, -0.25) is 4.79 Å². The summed E-state index contributed by atoms with van der Waals surface area (Å²) in [5.74, 6) is 0.316. The summed E-state index contributed by atoms with van der Waals surface area (Å²) in [6, 6.07) is 0. The molecule has 1 amide bonds. The van der Waals surface area contributed by atoms with E-state index in [2.05, 4.69) is 10.5 Å². The molecule has 2 aliphatic rings. The fraction of sp³-hybridized carbons (Fsp3) is 0.846. The van der Waals surface area contributed by atoms with E-state index in [9.17, 15) is 4.79 Å². The molecule has 0 spiro atoms. The third-order valence-electron chi connectivity index (χ3n) is 4.30. The Hall–Kier alpha value is -1.30. The van der Waals surface area contributed by atoms with Gasteiger partial charge in [-0.15, -0.1) is 0 Å². The average molecular weight is 269 g/mol. The van der Waals surface area contributed by atoms with E-state index in [-0.39, 0.29) is 11.7 Å². The number of amidine groups is 1. The van der Waals surface area contributed by atoms with Crippen molar-refractivity contribution < 1.29 is 14.7 Å². The van der Waals surface area contributed by atoms with Gasteiger partial charge in [0.05, 0.1) is 6.61 Å². The molecule has 6 nitrogen and oxygen atoms in total. The molecule has 108 valence electrons. The van der Waals surface area contributed by atoms with E-state index < -0.39 is 5.41 Å². The summed E-state index contributed by atoms with van der Waals surface area (Å²) in [6.45, 7) is 2.13. The molecule has 1 saturated carbocycles. The number of oxime groups is 1. The normalized spacial score (nSPS) is 27.2. The van der Waals surface area contributed by atoms with Gasteiger partial charge < -0.3 is 21.0 Å². The number of ether oxygens (including phenoxy) is 1. The summed E-state index contributed by atoms with van der Waals surface area (Å²) in [6.07, 6.45) is 5.33. The Kier molecular flexibility index (Phi) is 4.63. The number of nitrogens with two attached hydrogens (primary N) is 1. The zero-order chi connectivity index (χ0) is 13.7. The minimum absolute atomic E-state index is 0.0439. The van der Waals surface area contributed by atoms with Gasteiger partial charge in [0.15, 0.2) is 5.84 Å². The van der Waals surface area contributed by atoms with Gasteiger partial charge in [0.2, 0.25) is 5.91 Å². The molecule has 1 atom stereocenters. The van der Waals surface area contributed by atoms with Crippen LogP contribution in [0.4, 0.5) is 0 Å². The number of carbonyl (C=O) groups excluding carboxylic acids is 1. The number of carbonyl (C=O) groups is 1. The minimum atomic E-state index is -0.801. The fourth-order valence-electron chi connectivity index (χ4n) is 3.05. The molecule has 1 unspecified atom stereocenters. The van der Waals surface area contributed by atoms with Crippen LogP contribution in [0, 0.1) is 11.3 Å². The Morgan fingerprint density at radius 3 is 2.74 bits per heavy atom. The van der Waals surface area contributed by atoms with Gasteiger partial charge in [0.25, 0.3) is 0 Å². The van der Waals surface area contributed by atoms with Gasteiger partial charge >= 0.3 is 0 Å². The van der Waals surface area contributed by atoms with Crippen LogP contribution in [0.3, 0.4) is 0 Å². The maximum absolute atomic E-state index is 12.4. The highest BCUT2D eigenvalue weighted by atomic mass is 16.5. The van der Waals surface area contributed by atoms with Crippen molar-refractivity contribution in [1.29, 1.82) is 0 Å². The first-order valence-corrected chi connectivity index (χ1v) is 7.03. The lowest BCUT2D eigenvalue weighted by Gasteiger charge is -2.28. The molecule has 2 rings (SSSR count). The quantitative estimate of drug-likeness (QED) is 0.305. The van der Waals surface area contributed by atoms with Crippen LogP contribution in [0.5, 0.6) is 0 Å². The van der Waals surface area contributed by atoms with Crippen LogP contribution in [-0.2, 0) is 9.53 Å². The first-order valence-electron chi connectivity index (χ1n) is 7.03. The molecular weight excluding hydrogens is 246 g/mol. The highest BCUT2D eigenvalue weighted by Gasteiger charge is 2.45. The largest absolute Gasteiger partial charge is 0.409 e. The summed E-state index contributed by atoms with van der Waals surface area (Å²) in [5, 5.41) is 14.9. The molecule has 2 fully saturated rings. The lowest BCUT2D eigenvalue weighted by atomic mass is 9.83. The Bertz CT molecular complexity index is 345. The van der Waals surface area contributed by atoms with Gasteiger partial charge in [-0.05, 0) is 31.6 Å². The summed E-state index contributed by atoms with van der Waals surface area (Å²) < 4.78 is 5.39. The van der Waals surface area contributed by atoms with Crippen LogP contribution >= 0.6 is 0 Å². The number of amides is 1. The standard InChI is InChI=1S/C13H23N3O3/c14-11(16-18)13(5-1-2-6-13)12(17)15-8-10-4-3-7-19-9-10/h10,18H,1-9H2,(H2,14,16)(H,15,17). The zero-order valence-electron chi connectivity index (χ0n) is 11.2. The molecular formula is C13H23N3O3. The maximum atomic E-state index is 12.4. The number of rotatable bonds is 4. The predicted octanol–water partition coefficient (Wildman–Crippen LogP) is 0.836. The van der Waals surface area contributed by atoms with Crippen LogP contribution in [0.25, 0.3) is 0 Å². The van der Waals surface area contributed by atoms with Crippen molar-refractivity contribution in [2.24, 2.45) is 22.2 Å². The van der Waals surface area contributed by atoms with Crippen molar-refractivity contribution in [1.82, 2.24) is 5.32 Å². The SMILES string of the molecule is N/C(=N/O)C1(C(=O)NCC2CCCOC2)CCCC1. The molecule has 6 heteroatoms. The second kappa shape index (κ2) is 6.23. The molecule has 0 aromatic rings. The number of nitrogens with one attached hydrogen (secondary N) is 1. The van der Waals surface area contributed by atoms with E-state index in [4.69, 9.17) is 15.7 Å². The second-order valence-electron chi connectivity index (χ2n) is 5.57. The number of hydrogen-bond donors (Lipinski definition) is 3. The molecule has 1 saturated heterocycles. The molecule has 1 aliphatic heterocycles. The Labute approximate surface area is 113 Å². The number of hydrogen-bond acceptors (Lipinski definition) is 4. The highest BCUT2D eigenvalue weighted by molar-refractivity contribution is 6.07.